The van der Waals surface area contributed by atoms with Gasteiger partial charge < -0.3 is 0 Å². The van der Waals surface area contributed by atoms with Crippen LogP contribution in [0.25, 0.3) is 0 Å². The zero-order valence-corrected chi connectivity index (χ0v) is 11.4. The largest absolute Gasteiger partial charge is 0.288 e. The number of hydrogen-bond acceptors (Lipinski definition) is 2. The summed E-state index contributed by atoms with van der Waals surface area (Å²) in [6.45, 7) is 8.14. The lowest BCUT2D eigenvalue weighted by Crippen LogP contribution is -2.01. The lowest BCUT2D eigenvalue weighted by atomic mass is 10.0. The maximum absolute atomic E-state index is 12.4. The molecule has 2 rings (SSSR count). The van der Waals surface area contributed by atoms with Crippen LogP contribution in [0.2, 0.25) is 0 Å². The summed E-state index contributed by atoms with van der Waals surface area (Å²) in [4.78, 5) is 14.4. The van der Waals surface area contributed by atoms with Crippen LogP contribution >= 0.6 is 11.3 Å². The average Bonchev–Trinajstić information content (AvgIpc) is 2.58. The van der Waals surface area contributed by atoms with Crippen LogP contribution in [0.1, 0.15) is 36.8 Å². The van der Waals surface area contributed by atoms with Gasteiger partial charge in [-0.15, -0.1) is 11.3 Å². The van der Waals surface area contributed by atoms with Gasteiger partial charge in [-0.05, 0) is 44.9 Å². The van der Waals surface area contributed by atoms with Crippen LogP contribution in [0.4, 0.5) is 0 Å². The van der Waals surface area contributed by atoms with E-state index in [1.807, 2.05) is 39.0 Å². The molecule has 0 saturated carbocycles. The van der Waals surface area contributed by atoms with E-state index in [1.54, 1.807) is 11.3 Å². The molecule has 0 fully saturated rings. The second kappa shape index (κ2) is 4.46. The summed E-state index contributed by atoms with van der Waals surface area (Å²) in [5.41, 5.74) is 4.26. The van der Waals surface area contributed by atoms with Crippen LogP contribution < -0.4 is 0 Å². The Hall–Kier alpha value is -1.41. The fourth-order valence-electron chi connectivity index (χ4n) is 1.89. The molecular formula is C15H16OS. The van der Waals surface area contributed by atoms with Crippen molar-refractivity contribution < 1.29 is 4.79 Å². The Bertz CT molecular complexity index is 559. The Morgan fingerprint density at radius 3 is 2.24 bits per heavy atom. The molecule has 1 heterocycles. The van der Waals surface area contributed by atoms with Crippen LogP contribution in [0.15, 0.2) is 24.3 Å². The van der Waals surface area contributed by atoms with E-state index >= 15 is 0 Å². The zero-order valence-electron chi connectivity index (χ0n) is 10.6. The third kappa shape index (κ3) is 2.32. The topological polar surface area (TPSA) is 17.1 Å². The lowest BCUT2D eigenvalue weighted by Gasteiger charge is -2.04. The van der Waals surface area contributed by atoms with Gasteiger partial charge in [0, 0.05) is 10.4 Å². The summed E-state index contributed by atoms with van der Waals surface area (Å²) in [6, 6.07) is 7.97. The Balaban J connectivity index is 2.43. The van der Waals surface area contributed by atoms with Crippen LogP contribution in [0, 0.1) is 27.7 Å². The molecule has 17 heavy (non-hydrogen) atoms. The molecule has 2 heteroatoms. The molecule has 0 N–H and O–H groups in total. The number of rotatable bonds is 2. The van der Waals surface area contributed by atoms with E-state index < -0.39 is 0 Å². The fourth-order valence-corrected chi connectivity index (χ4v) is 2.87. The fraction of sp³-hybridized carbons (Fsp3) is 0.267. The minimum absolute atomic E-state index is 0.142. The highest BCUT2D eigenvalue weighted by atomic mass is 32.1. The highest BCUT2D eigenvalue weighted by Gasteiger charge is 2.14. The Morgan fingerprint density at radius 2 is 1.71 bits per heavy atom. The average molecular weight is 244 g/mol. The molecule has 1 aromatic carbocycles. The molecule has 0 atom stereocenters. The summed E-state index contributed by atoms with van der Waals surface area (Å²) >= 11 is 1.58. The van der Waals surface area contributed by atoms with Crippen LogP contribution in [0.5, 0.6) is 0 Å². The van der Waals surface area contributed by atoms with Crippen molar-refractivity contribution in [3.63, 3.8) is 0 Å². The maximum atomic E-state index is 12.4. The van der Waals surface area contributed by atoms with Crippen molar-refractivity contribution in [3.8, 4) is 0 Å². The maximum Gasteiger partial charge on any atom is 0.203 e. The molecule has 0 amide bonds. The molecule has 88 valence electrons. The van der Waals surface area contributed by atoms with Gasteiger partial charge in [-0.2, -0.15) is 0 Å². The van der Waals surface area contributed by atoms with Crippen LogP contribution in [-0.4, -0.2) is 5.78 Å². The molecule has 1 nitrogen and oxygen atoms in total. The van der Waals surface area contributed by atoms with E-state index in [0.717, 1.165) is 16.0 Å². The molecule has 0 aliphatic carbocycles. The number of carbonyl (C=O) groups excluding carboxylic acids is 1. The minimum atomic E-state index is 0.142. The second-order valence-corrected chi connectivity index (χ2v) is 5.75. The lowest BCUT2D eigenvalue weighted by molar-refractivity contribution is 0.104. The van der Waals surface area contributed by atoms with Crippen LogP contribution in [-0.2, 0) is 0 Å². The zero-order chi connectivity index (χ0) is 12.6. The van der Waals surface area contributed by atoms with Crippen molar-refractivity contribution in [1.82, 2.24) is 0 Å². The van der Waals surface area contributed by atoms with E-state index in [2.05, 4.69) is 13.0 Å². The third-order valence-electron chi connectivity index (χ3n) is 3.02. The van der Waals surface area contributed by atoms with Gasteiger partial charge in [0.15, 0.2) is 0 Å². The van der Waals surface area contributed by atoms with Crippen molar-refractivity contribution >= 4 is 17.1 Å². The molecule has 0 aliphatic heterocycles. The number of carbonyl (C=O) groups is 1. The second-order valence-electron chi connectivity index (χ2n) is 4.50. The van der Waals surface area contributed by atoms with Gasteiger partial charge in [-0.1, -0.05) is 23.8 Å². The van der Waals surface area contributed by atoms with E-state index in [0.29, 0.717) is 0 Å². The van der Waals surface area contributed by atoms with Crippen molar-refractivity contribution in [2.24, 2.45) is 0 Å². The highest BCUT2D eigenvalue weighted by Crippen LogP contribution is 2.24. The Morgan fingerprint density at radius 1 is 1.00 bits per heavy atom. The SMILES string of the molecule is Cc1ccc(C(=O)c2cc(C)c(C)s2)c(C)c1. The van der Waals surface area contributed by atoms with Crippen molar-refractivity contribution in [2.75, 3.05) is 0 Å². The van der Waals surface area contributed by atoms with Gasteiger partial charge in [-0.3, -0.25) is 4.79 Å². The molecular weight excluding hydrogens is 228 g/mol. The third-order valence-corrected chi connectivity index (χ3v) is 4.17. The molecule has 0 saturated heterocycles. The molecule has 1 aromatic heterocycles. The molecule has 0 bridgehead atoms. The van der Waals surface area contributed by atoms with Gasteiger partial charge in [-0.25, -0.2) is 0 Å². The number of hydrogen-bond donors (Lipinski definition) is 0. The number of benzene rings is 1. The predicted molar refractivity (Wildman–Crippen MR) is 73.1 cm³/mol. The van der Waals surface area contributed by atoms with Crippen molar-refractivity contribution in [1.29, 1.82) is 0 Å². The predicted octanol–water partition coefficient (Wildman–Crippen LogP) is 4.21. The Kier molecular flexibility index (Phi) is 3.16. The molecule has 2 aromatic rings. The molecule has 0 unspecified atom stereocenters. The molecule has 0 radical (unpaired) electrons. The number of aryl methyl sites for hydroxylation is 4. The normalized spacial score (nSPS) is 10.6. The van der Waals surface area contributed by atoms with Crippen molar-refractivity contribution in [3.05, 3.63) is 56.3 Å². The van der Waals surface area contributed by atoms with E-state index in [9.17, 15) is 4.79 Å². The monoisotopic (exact) mass is 244 g/mol. The van der Waals surface area contributed by atoms with E-state index in [-0.39, 0.29) is 5.78 Å². The molecule has 0 aliphatic rings. The summed E-state index contributed by atoms with van der Waals surface area (Å²) in [5, 5.41) is 0. The first-order chi connectivity index (χ1) is 7.99. The van der Waals surface area contributed by atoms with Gasteiger partial charge in [0.05, 0.1) is 4.88 Å². The Labute approximate surface area is 106 Å². The minimum Gasteiger partial charge on any atom is -0.288 e. The van der Waals surface area contributed by atoms with Crippen molar-refractivity contribution in [2.45, 2.75) is 27.7 Å². The van der Waals surface area contributed by atoms with Gasteiger partial charge >= 0.3 is 0 Å². The molecule has 0 spiro atoms. The quantitative estimate of drug-likeness (QED) is 0.723. The standard InChI is InChI=1S/C15H16OS/c1-9-5-6-13(11(3)7-9)15(16)14-8-10(2)12(4)17-14/h5-8H,1-4H3. The van der Waals surface area contributed by atoms with E-state index in [1.165, 1.54) is 16.0 Å². The first kappa shape index (κ1) is 12.1. The summed E-state index contributed by atoms with van der Waals surface area (Å²) in [7, 11) is 0. The number of ketones is 1. The van der Waals surface area contributed by atoms with E-state index in [4.69, 9.17) is 0 Å². The van der Waals surface area contributed by atoms with Gasteiger partial charge in [0.1, 0.15) is 0 Å². The first-order valence-corrected chi connectivity index (χ1v) is 6.49. The number of thiophene rings is 1. The smallest absolute Gasteiger partial charge is 0.203 e. The first-order valence-electron chi connectivity index (χ1n) is 5.68. The van der Waals surface area contributed by atoms with Crippen LogP contribution in [0.3, 0.4) is 0 Å². The highest BCUT2D eigenvalue weighted by molar-refractivity contribution is 7.14. The summed E-state index contributed by atoms with van der Waals surface area (Å²) in [6.07, 6.45) is 0. The van der Waals surface area contributed by atoms with Gasteiger partial charge in [0.2, 0.25) is 5.78 Å². The van der Waals surface area contributed by atoms with Gasteiger partial charge in [0.25, 0.3) is 0 Å². The summed E-state index contributed by atoms with van der Waals surface area (Å²) < 4.78 is 0. The summed E-state index contributed by atoms with van der Waals surface area (Å²) in [5.74, 6) is 0.142.